The molecule has 0 fully saturated rings. The molecule has 1 unspecified atom stereocenters. The van der Waals surface area contributed by atoms with Crippen molar-refractivity contribution in [2.24, 2.45) is 0 Å². The van der Waals surface area contributed by atoms with E-state index in [1.54, 1.807) is 0 Å². The zero-order chi connectivity index (χ0) is 6.08. The van der Waals surface area contributed by atoms with Crippen LogP contribution >= 0.6 is 0 Å². The number of alkyl halides is 3. The van der Waals surface area contributed by atoms with Gasteiger partial charge in [-0.2, -0.15) is 13.2 Å². The molecule has 0 aliphatic carbocycles. The molecule has 0 radical (unpaired) electrons. The summed E-state index contributed by atoms with van der Waals surface area (Å²) in [4.78, 5) is 0. The van der Waals surface area contributed by atoms with E-state index in [1.165, 1.54) is 0 Å². The summed E-state index contributed by atoms with van der Waals surface area (Å²) in [5, 5.41) is 0. The molecule has 0 saturated heterocycles. The van der Waals surface area contributed by atoms with Crippen LogP contribution < -0.4 is 0 Å². The second-order valence-corrected chi connectivity index (χ2v) is 2.27. The lowest BCUT2D eigenvalue weighted by atomic mass is 11.6. The first kappa shape index (κ1) is 6.94. The average molecular weight is 132 g/mol. The molecule has 0 amide bonds. The first-order valence-corrected chi connectivity index (χ1v) is 2.90. The molecule has 0 aliphatic heterocycles. The Labute approximate surface area is 41.0 Å². The van der Waals surface area contributed by atoms with E-state index in [9.17, 15) is 17.4 Å². The monoisotopic (exact) mass is 132 g/mol. The number of hydrogen-bond acceptors (Lipinski definition) is 1. The van der Waals surface area contributed by atoms with Gasteiger partial charge >= 0.3 is 5.51 Å². The summed E-state index contributed by atoms with van der Waals surface area (Å²) < 4.78 is 42.1. The molecule has 5 heteroatoms. The Balaban J connectivity index is 3.79. The summed E-state index contributed by atoms with van der Waals surface area (Å²) in [6, 6.07) is 0. The van der Waals surface area contributed by atoms with Crippen LogP contribution in [0.1, 0.15) is 0 Å². The van der Waals surface area contributed by atoms with E-state index < -0.39 is 16.3 Å². The van der Waals surface area contributed by atoms with E-state index >= 15 is 0 Å². The first-order chi connectivity index (χ1) is 2.94. The topological polar surface area (TPSA) is 17.1 Å². The maximum absolute atomic E-state index is 10.9. The SMILES string of the molecule is CS(=O)C(F)(F)F. The standard InChI is InChI=1S/C2H3F3OS/c1-7(6)2(3,4)5/h1H3. The van der Waals surface area contributed by atoms with Gasteiger partial charge < -0.3 is 0 Å². The summed E-state index contributed by atoms with van der Waals surface area (Å²) in [6.45, 7) is 0. The van der Waals surface area contributed by atoms with Crippen LogP contribution in [0.3, 0.4) is 0 Å². The van der Waals surface area contributed by atoms with Crippen LogP contribution in [0.15, 0.2) is 0 Å². The molecule has 1 atom stereocenters. The number of halogens is 3. The third kappa shape index (κ3) is 2.61. The van der Waals surface area contributed by atoms with Gasteiger partial charge in [0.1, 0.15) is 10.8 Å². The Bertz CT molecular complexity index is 85.4. The zero-order valence-corrected chi connectivity index (χ0v) is 4.27. The highest BCUT2D eigenvalue weighted by molar-refractivity contribution is 7.85. The Hall–Kier alpha value is -0.0600. The van der Waals surface area contributed by atoms with Crippen LogP contribution in [0.5, 0.6) is 0 Å². The molecule has 1 nitrogen and oxygen atoms in total. The van der Waals surface area contributed by atoms with Crippen molar-refractivity contribution in [3.63, 3.8) is 0 Å². The fourth-order valence-corrected chi connectivity index (χ4v) is 0. The quantitative estimate of drug-likeness (QED) is 0.478. The maximum atomic E-state index is 10.9. The molecule has 0 spiro atoms. The summed E-state index contributed by atoms with van der Waals surface area (Å²) in [7, 11) is -2.68. The van der Waals surface area contributed by atoms with Gasteiger partial charge in [-0.15, -0.1) is 0 Å². The lowest BCUT2D eigenvalue weighted by Crippen LogP contribution is -2.13. The molecular formula is C2H3F3OS. The molecule has 0 aromatic heterocycles. The number of hydrogen-bond donors (Lipinski definition) is 0. The lowest BCUT2D eigenvalue weighted by molar-refractivity contribution is -0.0379. The fourth-order valence-electron chi connectivity index (χ4n) is 0. The molecule has 44 valence electrons. The van der Waals surface area contributed by atoms with Crippen molar-refractivity contribution in [3.05, 3.63) is 0 Å². The van der Waals surface area contributed by atoms with Crippen LogP contribution in [0.2, 0.25) is 0 Å². The minimum Gasteiger partial charge on any atom is -0.251 e. The van der Waals surface area contributed by atoms with Gasteiger partial charge in [0.2, 0.25) is 0 Å². The van der Waals surface area contributed by atoms with E-state index in [-0.39, 0.29) is 0 Å². The third-order valence-corrected chi connectivity index (χ3v) is 0.978. The highest BCUT2D eigenvalue weighted by Gasteiger charge is 2.32. The summed E-state index contributed by atoms with van der Waals surface area (Å²) in [5.41, 5.74) is -4.53. The Kier molecular flexibility index (Phi) is 1.80. The maximum Gasteiger partial charge on any atom is 0.470 e. The van der Waals surface area contributed by atoms with E-state index in [1.807, 2.05) is 0 Å². The molecule has 0 rings (SSSR count). The first-order valence-electron chi connectivity index (χ1n) is 1.35. The molecule has 0 saturated carbocycles. The normalized spacial score (nSPS) is 16.6. The van der Waals surface area contributed by atoms with Crippen molar-refractivity contribution in [2.45, 2.75) is 5.51 Å². The smallest absolute Gasteiger partial charge is 0.251 e. The van der Waals surface area contributed by atoms with Crippen molar-refractivity contribution in [1.82, 2.24) is 0 Å². The average Bonchev–Trinajstić information content (AvgIpc) is 1.31. The predicted molar refractivity (Wildman–Crippen MR) is 20.1 cm³/mol. The van der Waals surface area contributed by atoms with Gasteiger partial charge in [-0.3, -0.25) is 4.21 Å². The van der Waals surface area contributed by atoms with Crippen LogP contribution in [0.4, 0.5) is 13.2 Å². The van der Waals surface area contributed by atoms with Crippen LogP contribution in [0, 0.1) is 0 Å². The lowest BCUT2D eigenvalue weighted by Gasteiger charge is -1.96. The van der Waals surface area contributed by atoms with Gasteiger partial charge in [0.15, 0.2) is 0 Å². The van der Waals surface area contributed by atoms with E-state index in [0.717, 1.165) is 0 Å². The van der Waals surface area contributed by atoms with Gasteiger partial charge in [0.25, 0.3) is 0 Å². The summed E-state index contributed by atoms with van der Waals surface area (Å²) in [6.07, 6.45) is 0.597. The largest absolute Gasteiger partial charge is 0.470 e. The Morgan fingerprint density at radius 2 is 1.57 bits per heavy atom. The fraction of sp³-hybridized carbons (Fsp3) is 1.00. The Morgan fingerprint density at radius 3 is 1.57 bits per heavy atom. The molecule has 0 aliphatic rings. The van der Waals surface area contributed by atoms with E-state index in [2.05, 4.69) is 0 Å². The van der Waals surface area contributed by atoms with E-state index in [0.29, 0.717) is 6.26 Å². The summed E-state index contributed by atoms with van der Waals surface area (Å²) >= 11 is 0. The van der Waals surface area contributed by atoms with Crippen molar-refractivity contribution in [3.8, 4) is 0 Å². The summed E-state index contributed by atoms with van der Waals surface area (Å²) in [5.74, 6) is 0. The van der Waals surface area contributed by atoms with Crippen LogP contribution in [-0.4, -0.2) is 16.0 Å². The highest BCUT2D eigenvalue weighted by atomic mass is 32.2. The molecule has 0 heterocycles. The van der Waals surface area contributed by atoms with Gasteiger partial charge in [0, 0.05) is 6.26 Å². The van der Waals surface area contributed by atoms with Crippen molar-refractivity contribution in [2.75, 3.05) is 6.26 Å². The molecule has 0 N–H and O–H groups in total. The van der Waals surface area contributed by atoms with Crippen LogP contribution in [0.25, 0.3) is 0 Å². The minimum absolute atomic E-state index is 0.597. The molecule has 7 heavy (non-hydrogen) atoms. The minimum atomic E-state index is -4.53. The van der Waals surface area contributed by atoms with Crippen LogP contribution in [-0.2, 0) is 10.8 Å². The zero-order valence-electron chi connectivity index (χ0n) is 3.45. The molecule has 0 aromatic rings. The van der Waals surface area contributed by atoms with Crippen molar-refractivity contribution >= 4 is 10.8 Å². The van der Waals surface area contributed by atoms with E-state index in [4.69, 9.17) is 0 Å². The van der Waals surface area contributed by atoms with Gasteiger partial charge in [0.05, 0.1) is 0 Å². The number of rotatable bonds is 0. The van der Waals surface area contributed by atoms with Crippen molar-refractivity contribution < 1.29 is 17.4 Å². The second kappa shape index (κ2) is 1.81. The second-order valence-electron chi connectivity index (χ2n) is 0.900. The van der Waals surface area contributed by atoms with Gasteiger partial charge in [-0.05, 0) is 0 Å². The highest BCUT2D eigenvalue weighted by Crippen LogP contribution is 2.17. The van der Waals surface area contributed by atoms with Gasteiger partial charge in [-0.25, -0.2) is 0 Å². The Morgan fingerprint density at radius 1 is 1.43 bits per heavy atom. The van der Waals surface area contributed by atoms with Crippen molar-refractivity contribution in [1.29, 1.82) is 0 Å². The molecule has 0 aromatic carbocycles. The molecule has 0 bridgehead atoms. The third-order valence-electron chi connectivity index (χ3n) is 0.326. The molecular weight excluding hydrogens is 129 g/mol. The van der Waals surface area contributed by atoms with Gasteiger partial charge in [-0.1, -0.05) is 0 Å². The predicted octanol–water partition coefficient (Wildman–Crippen LogP) is 0.885.